The third-order valence-electron chi connectivity index (χ3n) is 2.79. The molecule has 0 aliphatic heterocycles. The molecule has 0 bridgehead atoms. The van der Waals surface area contributed by atoms with Crippen LogP contribution in [0.5, 0.6) is 0 Å². The van der Waals surface area contributed by atoms with Gasteiger partial charge in [0.05, 0.1) is 11.9 Å². The van der Waals surface area contributed by atoms with Crippen molar-refractivity contribution in [1.82, 2.24) is 20.0 Å². The highest BCUT2D eigenvalue weighted by Crippen LogP contribution is 2.23. The Labute approximate surface area is 105 Å². The van der Waals surface area contributed by atoms with Gasteiger partial charge >= 0.3 is 0 Å². The summed E-state index contributed by atoms with van der Waals surface area (Å²) in [5, 5.41) is 7.98. The molecule has 88 valence electrons. The fourth-order valence-corrected chi connectivity index (χ4v) is 1.99. The number of aromatic nitrogens is 4. The highest BCUT2D eigenvalue weighted by atomic mass is 15.4. The molecule has 0 fully saturated rings. The minimum Gasteiger partial charge on any atom is -0.259 e. The molecule has 3 aromatic rings. The Bertz CT molecular complexity index is 551. The van der Waals surface area contributed by atoms with Crippen molar-refractivity contribution >= 4 is 0 Å². The van der Waals surface area contributed by atoms with Crippen LogP contribution >= 0.6 is 0 Å². The lowest BCUT2D eigenvalue weighted by molar-refractivity contribution is 0.559. The number of hydrogen-bond donors (Lipinski definition) is 0. The second kappa shape index (κ2) is 4.79. The molecule has 0 radical (unpaired) electrons. The lowest BCUT2D eigenvalue weighted by atomic mass is 10.0. The summed E-state index contributed by atoms with van der Waals surface area (Å²) >= 11 is 0. The average molecular weight is 236 g/mol. The van der Waals surface area contributed by atoms with E-state index in [-0.39, 0.29) is 6.04 Å². The molecule has 18 heavy (non-hydrogen) atoms. The van der Waals surface area contributed by atoms with Crippen molar-refractivity contribution in [1.29, 1.82) is 0 Å². The molecular weight excluding hydrogens is 224 g/mol. The van der Waals surface area contributed by atoms with Gasteiger partial charge in [0.25, 0.3) is 0 Å². The van der Waals surface area contributed by atoms with Crippen molar-refractivity contribution in [3.05, 3.63) is 78.4 Å². The first-order valence-corrected chi connectivity index (χ1v) is 5.77. The number of rotatable bonds is 3. The quantitative estimate of drug-likeness (QED) is 0.701. The van der Waals surface area contributed by atoms with Crippen molar-refractivity contribution in [3.63, 3.8) is 0 Å². The first-order chi connectivity index (χ1) is 8.95. The summed E-state index contributed by atoms with van der Waals surface area (Å²) in [6, 6.07) is 16.0. The zero-order chi connectivity index (χ0) is 12.2. The lowest BCUT2D eigenvalue weighted by Gasteiger charge is -2.16. The van der Waals surface area contributed by atoms with E-state index in [4.69, 9.17) is 0 Å². The van der Waals surface area contributed by atoms with Crippen molar-refractivity contribution in [2.24, 2.45) is 0 Å². The predicted octanol–water partition coefficient (Wildman–Crippen LogP) is 2.31. The molecule has 2 heterocycles. The van der Waals surface area contributed by atoms with Gasteiger partial charge in [-0.05, 0) is 17.7 Å². The molecule has 1 atom stereocenters. The first kappa shape index (κ1) is 10.7. The molecule has 1 unspecified atom stereocenters. The molecule has 2 aromatic heterocycles. The molecule has 0 spiro atoms. The van der Waals surface area contributed by atoms with Gasteiger partial charge in [-0.15, -0.1) is 5.10 Å². The van der Waals surface area contributed by atoms with Gasteiger partial charge in [-0.3, -0.25) is 4.98 Å². The van der Waals surface area contributed by atoms with Crippen LogP contribution in [0.3, 0.4) is 0 Å². The zero-order valence-electron chi connectivity index (χ0n) is 9.72. The molecule has 0 N–H and O–H groups in total. The molecule has 3 rings (SSSR count). The monoisotopic (exact) mass is 236 g/mol. The van der Waals surface area contributed by atoms with E-state index >= 15 is 0 Å². The van der Waals surface area contributed by atoms with Crippen LogP contribution in [0.2, 0.25) is 0 Å². The van der Waals surface area contributed by atoms with E-state index in [1.54, 1.807) is 12.4 Å². The van der Waals surface area contributed by atoms with Crippen LogP contribution in [-0.2, 0) is 0 Å². The molecule has 0 saturated heterocycles. The van der Waals surface area contributed by atoms with E-state index in [0.29, 0.717) is 0 Å². The van der Waals surface area contributed by atoms with E-state index in [9.17, 15) is 0 Å². The van der Waals surface area contributed by atoms with Crippen molar-refractivity contribution in [2.75, 3.05) is 0 Å². The summed E-state index contributed by atoms with van der Waals surface area (Å²) < 4.78 is 1.82. The Morgan fingerprint density at radius 3 is 2.39 bits per heavy atom. The minimum absolute atomic E-state index is 0.0325. The van der Waals surface area contributed by atoms with E-state index in [0.717, 1.165) is 11.3 Å². The molecule has 0 aliphatic carbocycles. The maximum absolute atomic E-state index is 4.42. The van der Waals surface area contributed by atoms with Crippen LogP contribution in [0.1, 0.15) is 17.3 Å². The number of nitrogens with zero attached hydrogens (tertiary/aromatic N) is 4. The maximum atomic E-state index is 4.42. The SMILES string of the molecule is c1ccc(C(c2ccccn2)n2ccnn2)cc1. The van der Waals surface area contributed by atoms with Gasteiger partial charge in [-0.25, -0.2) is 4.68 Å². The van der Waals surface area contributed by atoms with Gasteiger partial charge < -0.3 is 0 Å². The number of hydrogen-bond acceptors (Lipinski definition) is 3. The van der Waals surface area contributed by atoms with Gasteiger partial charge in [0.2, 0.25) is 0 Å². The summed E-state index contributed by atoms with van der Waals surface area (Å²) in [4.78, 5) is 4.42. The van der Waals surface area contributed by atoms with E-state index in [1.807, 2.05) is 47.3 Å². The smallest absolute Gasteiger partial charge is 0.121 e. The summed E-state index contributed by atoms with van der Waals surface area (Å²) in [5.74, 6) is 0. The van der Waals surface area contributed by atoms with Crippen LogP contribution in [0, 0.1) is 0 Å². The van der Waals surface area contributed by atoms with Crippen LogP contribution in [-0.4, -0.2) is 20.0 Å². The van der Waals surface area contributed by atoms with E-state index < -0.39 is 0 Å². The normalized spacial score (nSPS) is 12.2. The van der Waals surface area contributed by atoms with Crippen LogP contribution in [0.15, 0.2) is 67.1 Å². The Morgan fingerprint density at radius 2 is 1.72 bits per heavy atom. The highest BCUT2D eigenvalue weighted by Gasteiger charge is 2.17. The molecule has 4 heteroatoms. The Morgan fingerprint density at radius 1 is 0.889 bits per heavy atom. The lowest BCUT2D eigenvalue weighted by Crippen LogP contribution is -2.14. The standard InChI is InChI=1S/C14H12N4/c1-2-6-12(7-3-1)14(18-11-10-16-17-18)13-8-4-5-9-15-13/h1-11,14H. The van der Waals surface area contributed by atoms with Crippen molar-refractivity contribution in [2.45, 2.75) is 6.04 Å². The van der Waals surface area contributed by atoms with Crippen LogP contribution < -0.4 is 0 Å². The third kappa shape index (κ3) is 2.00. The van der Waals surface area contributed by atoms with Gasteiger partial charge in [-0.1, -0.05) is 41.6 Å². The van der Waals surface area contributed by atoms with E-state index in [2.05, 4.69) is 27.4 Å². The van der Waals surface area contributed by atoms with Gasteiger partial charge in [-0.2, -0.15) is 0 Å². The minimum atomic E-state index is -0.0325. The topological polar surface area (TPSA) is 43.6 Å². The van der Waals surface area contributed by atoms with Gasteiger partial charge in [0, 0.05) is 12.4 Å². The summed E-state index contributed by atoms with van der Waals surface area (Å²) in [7, 11) is 0. The molecule has 0 saturated carbocycles. The molecule has 0 aliphatic rings. The van der Waals surface area contributed by atoms with Crippen LogP contribution in [0.25, 0.3) is 0 Å². The fourth-order valence-electron chi connectivity index (χ4n) is 1.99. The molecule has 1 aromatic carbocycles. The molecule has 4 nitrogen and oxygen atoms in total. The Balaban J connectivity index is 2.11. The average Bonchev–Trinajstić information content (AvgIpc) is 2.95. The number of pyridine rings is 1. The zero-order valence-corrected chi connectivity index (χ0v) is 9.72. The number of benzene rings is 1. The molecular formula is C14H12N4. The first-order valence-electron chi connectivity index (χ1n) is 5.77. The highest BCUT2D eigenvalue weighted by molar-refractivity contribution is 5.28. The summed E-state index contributed by atoms with van der Waals surface area (Å²) in [5.41, 5.74) is 2.09. The predicted molar refractivity (Wildman–Crippen MR) is 67.9 cm³/mol. The molecule has 0 amide bonds. The fraction of sp³-hybridized carbons (Fsp3) is 0.0714. The largest absolute Gasteiger partial charge is 0.259 e. The summed E-state index contributed by atoms with van der Waals surface area (Å²) in [6.45, 7) is 0. The third-order valence-corrected chi connectivity index (χ3v) is 2.79. The Kier molecular flexibility index (Phi) is 2.84. The maximum Gasteiger partial charge on any atom is 0.121 e. The van der Waals surface area contributed by atoms with Crippen LogP contribution in [0.4, 0.5) is 0 Å². The van der Waals surface area contributed by atoms with Crippen molar-refractivity contribution < 1.29 is 0 Å². The van der Waals surface area contributed by atoms with Gasteiger partial charge in [0.15, 0.2) is 0 Å². The summed E-state index contributed by atoms with van der Waals surface area (Å²) in [6.07, 6.45) is 5.33. The van der Waals surface area contributed by atoms with Gasteiger partial charge in [0.1, 0.15) is 6.04 Å². The van der Waals surface area contributed by atoms with Crippen molar-refractivity contribution in [3.8, 4) is 0 Å². The second-order valence-corrected chi connectivity index (χ2v) is 3.95. The Hall–Kier alpha value is -2.49. The second-order valence-electron chi connectivity index (χ2n) is 3.95. The van der Waals surface area contributed by atoms with E-state index in [1.165, 1.54) is 0 Å².